The summed E-state index contributed by atoms with van der Waals surface area (Å²) in [4.78, 5) is 12.2. The molecule has 0 aliphatic rings. The van der Waals surface area contributed by atoms with Gasteiger partial charge in [-0.15, -0.1) is 0 Å². The van der Waals surface area contributed by atoms with Crippen LogP contribution in [0.25, 0.3) is 0 Å². The number of hydrogen-bond donors (Lipinski definition) is 2. The number of carbonyl (C=O) groups excluding carboxylic acids is 1. The Bertz CT molecular complexity index is 377. The smallest absolute Gasteiger partial charge is 0.150 e. The first-order valence-electron chi connectivity index (χ1n) is 6.39. The Balaban J connectivity index is 0.000000342. The third-order valence-corrected chi connectivity index (χ3v) is 2.46. The van der Waals surface area contributed by atoms with Crippen molar-refractivity contribution in [1.29, 1.82) is 0 Å². The lowest BCUT2D eigenvalue weighted by atomic mass is 10.2. The molecule has 1 rings (SSSR count). The zero-order valence-corrected chi connectivity index (χ0v) is 12.1. The van der Waals surface area contributed by atoms with E-state index >= 15 is 0 Å². The molecule has 0 saturated heterocycles. The third kappa shape index (κ3) is 9.85. The summed E-state index contributed by atoms with van der Waals surface area (Å²) in [6.45, 7) is 4.07. The predicted molar refractivity (Wildman–Crippen MR) is 81.1 cm³/mol. The third-order valence-electron chi connectivity index (χ3n) is 2.46. The number of nitrogens with zero attached hydrogens (tertiary/aromatic N) is 1. The van der Waals surface area contributed by atoms with Crippen LogP contribution in [0.3, 0.4) is 0 Å². The minimum absolute atomic E-state index is 0.745. The Morgan fingerprint density at radius 2 is 2.16 bits per heavy atom. The predicted octanol–water partition coefficient (Wildman–Crippen LogP) is 1.77. The van der Waals surface area contributed by atoms with E-state index in [0.29, 0.717) is 0 Å². The number of nitrogens with two attached hydrogens (primary N) is 1. The number of nitrogens with one attached hydrogen (secondary N) is 1. The van der Waals surface area contributed by atoms with E-state index in [-0.39, 0.29) is 0 Å². The second kappa shape index (κ2) is 11.3. The first-order chi connectivity index (χ1) is 9.13. The van der Waals surface area contributed by atoms with Gasteiger partial charge in [0.05, 0.1) is 0 Å². The molecular formula is C15H25N3O. The first kappa shape index (κ1) is 17.2. The molecule has 0 aliphatic heterocycles. The molecule has 106 valence electrons. The molecule has 0 amide bonds. The van der Waals surface area contributed by atoms with Gasteiger partial charge >= 0.3 is 0 Å². The summed E-state index contributed by atoms with van der Waals surface area (Å²) >= 11 is 0. The molecule has 4 heteroatoms. The second-order valence-electron chi connectivity index (χ2n) is 4.31. The van der Waals surface area contributed by atoms with E-state index in [4.69, 9.17) is 5.73 Å². The van der Waals surface area contributed by atoms with Crippen LogP contribution in [-0.2, 0) is 0 Å². The van der Waals surface area contributed by atoms with Gasteiger partial charge in [-0.25, -0.2) is 0 Å². The molecule has 0 spiro atoms. The van der Waals surface area contributed by atoms with E-state index in [9.17, 15) is 4.79 Å². The highest BCUT2D eigenvalue weighted by Crippen LogP contribution is 1.99. The Morgan fingerprint density at radius 3 is 2.63 bits per heavy atom. The maximum atomic E-state index is 10.2. The van der Waals surface area contributed by atoms with E-state index in [1.54, 1.807) is 12.3 Å². The number of carbonyl (C=O) groups is 1. The molecule has 4 nitrogen and oxygen atoms in total. The number of benzene rings is 1. The molecule has 1 aromatic rings. The Labute approximate surface area is 116 Å². The van der Waals surface area contributed by atoms with E-state index in [1.807, 2.05) is 45.4 Å². The molecule has 0 saturated carbocycles. The molecule has 0 atom stereocenters. The van der Waals surface area contributed by atoms with Gasteiger partial charge in [0.25, 0.3) is 0 Å². The molecule has 0 aromatic heterocycles. The molecule has 0 bridgehead atoms. The molecule has 0 heterocycles. The average Bonchev–Trinajstić information content (AvgIpc) is 2.40. The highest BCUT2D eigenvalue weighted by Gasteiger charge is 1.88. The molecule has 0 radical (unpaired) electrons. The SMILES string of the molecule is CNCCCN(C)/C=C\N.Cc1cccc(C=O)c1. The van der Waals surface area contributed by atoms with Crippen molar-refractivity contribution in [2.24, 2.45) is 5.73 Å². The van der Waals surface area contributed by atoms with Crippen molar-refractivity contribution in [3.8, 4) is 0 Å². The second-order valence-corrected chi connectivity index (χ2v) is 4.31. The van der Waals surface area contributed by atoms with Crippen LogP contribution in [0.5, 0.6) is 0 Å². The van der Waals surface area contributed by atoms with Crippen molar-refractivity contribution >= 4 is 6.29 Å². The van der Waals surface area contributed by atoms with Gasteiger partial charge < -0.3 is 16.0 Å². The van der Waals surface area contributed by atoms with Crippen molar-refractivity contribution in [3.05, 3.63) is 47.8 Å². The number of aldehydes is 1. The van der Waals surface area contributed by atoms with Crippen LogP contribution >= 0.6 is 0 Å². The fourth-order valence-corrected chi connectivity index (χ4v) is 1.47. The number of rotatable bonds is 6. The van der Waals surface area contributed by atoms with Crippen LogP contribution in [0.1, 0.15) is 22.3 Å². The van der Waals surface area contributed by atoms with Gasteiger partial charge in [-0.2, -0.15) is 0 Å². The van der Waals surface area contributed by atoms with Crippen LogP contribution in [0, 0.1) is 6.92 Å². The van der Waals surface area contributed by atoms with Crippen molar-refractivity contribution in [3.63, 3.8) is 0 Å². The topological polar surface area (TPSA) is 58.4 Å². The summed E-state index contributed by atoms with van der Waals surface area (Å²) in [5, 5.41) is 3.08. The van der Waals surface area contributed by atoms with Gasteiger partial charge in [0.15, 0.2) is 0 Å². The lowest BCUT2D eigenvalue weighted by Gasteiger charge is -2.12. The summed E-state index contributed by atoms with van der Waals surface area (Å²) < 4.78 is 0. The highest BCUT2D eigenvalue weighted by atomic mass is 16.1. The van der Waals surface area contributed by atoms with Crippen LogP contribution < -0.4 is 11.1 Å². The van der Waals surface area contributed by atoms with Crippen LogP contribution in [-0.4, -0.2) is 38.4 Å². The largest absolute Gasteiger partial charge is 0.403 e. The zero-order valence-electron chi connectivity index (χ0n) is 12.1. The van der Waals surface area contributed by atoms with E-state index in [1.165, 1.54) is 0 Å². The molecular weight excluding hydrogens is 238 g/mol. The van der Waals surface area contributed by atoms with E-state index in [2.05, 4.69) is 10.2 Å². The average molecular weight is 263 g/mol. The maximum absolute atomic E-state index is 10.2. The standard InChI is InChI=1S/C8H8O.C7H17N3/c1-7-3-2-4-8(5-7)6-9;1-9-5-3-6-10(2)7-4-8/h2-6H,1H3;4,7,9H,3,5-6,8H2,1-2H3/b;7-4-. The molecule has 0 fully saturated rings. The molecule has 1 aromatic carbocycles. The Kier molecular flexibility index (Phi) is 10.2. The maximum Gasteiger partial charge on any atom is 0.150 e. The van der Waals surface area contributed by atoms with E-state index in [0.717, 1.165) is 36.9 Å². The fourth-order valence-electron chi connectivity index (χ4n) is 1.47. The lowest BCUT2D eigenvalue weighted by molar-refractivity contribution is 0.112. The quantitative estimate of drug-likeness (QED) is 0.606. The summed E-state index contributed by atoms with van der Waals surface area (Å²) in [7, 11) is 3.97. The van der Waals surface area contributed by atoms with Crippen molar-refractivity contribution in [2.45, 2.75) is 13.3 Å². The highest BCUT2D eigenvalue weighted by molar-refractivity contribution is 5.74. The Hall–Kier alpha value is -1.81. The van der Waals surface area contributed by atoms with Crippen molar-refractivity contribution < 1.29 is 4.79 Å². The minimum atomic E-state index is 0.745. The Morgan fingerprint density at radius 1 is 1.42 bits per heavy atom. The normalized spacial score (nSPS) is 9.84. The molecule has 19 heavy (non-hydrogen) atoms. The van der Waals surface area contributed by atoms with Crippen molar-refractivity contribution in [2.75, 3.05) is 27.2 Å². The van der Waals surface area contributed by atoms with Crippen molar-refractivity contribution in [1.82, 2.24) is 10.2 Å². The van der Waals surface area contributed by atoms with Gasteiger partial charge in [-0.1, -0.05) is 23.8 Å². The summed E-state index contributed by atoms with van der Waals surface area (Å²) in [5.74, 6) is 0. The number of hydrogen-bond acceptors (Lipinski definition) is 4. The minimum Gasteiger partial charge on any atom is -0.403 e. The van der Waals surface area contributed by atoms with Gasteiger partial charge in [0.1, 0.15) is 6.29 Å². The summed E-state index contributed by atoms with van der Waals surface area (Å²) in [6.07, 6.45) is 5.43. The monoisotopic (exact) mass is 263 g/mol. The van der Waals surface area contributed by atoms with Crippen LogP contribution in [0.15, 0.2) is 36.7 Å². The van der Waals surface area contributed by atoms with Crippen LogP contribution in [0.2, 0.25) is 0 Å². The van der Waals surface area contributed by atoms with Gasteiger partial charge in [-0.05, 0) is 33.0 Å². The van der Waals surface area contributed by atoms with Gasteiger partial charge in [0, 0.05) is 31.6 Å². The zero-order chi connectivity index (χ0) is 14.5. The lowest BCUT2D eigenvalue weighted by Crippen LogP contribution is -2.18. The van der Waals surface area contributed by atoms with E-state index < -0.39 is 0 Å². The van der Waals surface area contributed by atoms with Crippen LogP contribution in [0.4, 0.5) is 0 Å². The first-order valence-corrected chi connectivity index (χ1v) is 6.39. The molecule has 3 N–H and O–H groups in total. The fraction of sp³-hybridized carbons (Fsp3) is 0.400. The summed E-state index contributed by atoms with van der Waals surface area (Å²) in [5.41, 5.74) is 7.07. The summed E-state index contributed by atoms with van der Waals surface area (Å²) in [6, 6.07) is 7.49. The van der Waals surface area contributed by atoms with Gasteiger partial charge in [0.2, 0.25) is 0 Å². The molecule has 0 aliphatic carbocycles. The number of aryl methyl sites for hydroxylation is 1. The molecule has 0 unspecified atom stereocenters. The van der Waals surface area contributed by atoms with Gasteiger partial charge in [-0.3, -0.25) is 4.79 Å².